The predicted molar refractivity (Wildman–Crippen MR) is 108 cm³/mol. The van der Waals surface area contributed by atoms with Gasteiger partial charge in [-0.1, -0.05) is 18.7 Å². The van der Waals surface area contributed by atoms with Crippen LogP contribution in [-0.2, 0) is 11.2 Å². The van der Waals surface area contributed by atoms with E-state index in [1.54, 1.807) is 18.2 Å². The highest BCUT2D eigenvalue weighted by Crippen LogP contribution is 2.42. The number of aromatic hydroxyl groups is 1. The Bertz CT molecular complexity index is 895. The van der Waals surface area contributed by atoms with Crippen LogP contribution in [0, 0.1) is 8.98 Å². The largest absolute Gasteiger partial charge is 0.504 e. The highest BCUT2D eigenvalue weighted by Gasteiger charge is 2.39. The van der Waals surface area contributed by atoms with Crippen molar-refractivity contribution in [2.75, 3.05) is 7.11 Å². The van der Waals surface area contributed by atoms with Crippen molar-refractivity contribution in [3.63, 3.8) is 0 Å². The first kappa shape index (κ1) is 18.3. The molecule has 0 bridgehead atoms. The van der Waals surface area contributed by atoms with Crippen LogP contribution in [-0.4, -0.2) is 33.2 Å². The zero-order valence-corrected chi connectivity index (χ0v) is 17.2. The Morgan fingerprint density at radius 1 is 1.44 bits per heavy atom. The quantitative estimate of drug-likeness (QED) is 0.503. The molecule has 2 N–H and O–H groups in total. The van der Waals surface area contributed by atoms with Gasteiger partial charge in [-0.15, -0.1) is 21.5 Å². The van der Waals surface area contributed by atoms with Gasteiger partial charge in [0.05, 0.1) is 20.6 Å². The van der Waals surface area contributed by atoms with Gasteiger partial charge in [0.2, 0.25) is 0 Å². The molecule has 0 unspecified atom stereocenters. The number of phenols is 1. The average molecular weight is 487 g/mol. The number of halogens is 1. The van der Waals surface area contributed by atoms with E-state index in [0.717, 1.165) is 28.8 Å². The van der Waals surface area contributed by atoms with Gasteiger partial charge in [0.25, 0.3) is 0 Å². The van der Waals surface area contributed by atoms with Crippen molar-refractivity contribution in [3.8, 4) is 11.5 Å². The summed E-state index contributed by atoms with van der Waals surface area (Å²) in [6.07, 6.45) is 2.47. The Labute approximate surface area is 166 Å². The van der Waals surface area contributed by atoms with Crippen LogP contribution in [0.2, 0.25) is 0 Å². The van der Waals surface area contributed by atoms with Crippen LogP contribution in [0.15, 0.2) is 17.0 Å². The maximum absolute atomic E-state index is 12.8. The van der Waals surface area contributed by atoms with Gasteiger partial charge >= 0.3 is 0 Å². The second-order valence-electron chi connectivity index (χ2n) is 5.21. The van der Waals surface area contributed by atoms with E-state index in [1.807, 2.05) is 29.5 Å². The minimum atomic E-state index is -0.660. The summed E-state index contributed by atoms with van der Waals surface area (Å²) in [5.41, 5.74) is 0.731. The van der Waals surface area contributed by atoms with Crippen LogP contribution in [0.1, 0.15) is 28.4 Å². The number of aromatic nitrogens is 2. The molecule has 1 aromatic heterocycles. The maximum atomic E-state index is 12.8. The minimum absolute atomic E-state index is 0.0715. The van der Waals surface area contributed by atoms with Gasteiger partial charge in [0, 0.05) is 0 Å². The smallest absolute Gasteiger partial charge is 0.186 e. The molecule has 1 aromatic carbocycles. The van der Waals surface area contributed by atoms with E-state index in [4.69, 9.17) is 10.1 Å². The van der Waals surface area contributed by atoms with E-state index >= 15 is 0 Å². The number of carbonyl (C=O) groups excluding carboxylic acids is 1. The second kappa shape index (κ2) is 7.42. The summed E-state index contributed by atoms with van der Waals surface area (Å²) in [5.74, 6) is -0.386. The standard InChI is InChI=1S/C16H14IN3O3S2/c1-3-11-19-20-16(25-11)12-14(22)10(24-15(12)18)6-7-4-8(17)13(21)9(5-7)23-2/h4-6,12,18,21H,3H2,1-2H3/b10-6-,18-15?/t12-/m0/s1. The lowest BCUT2D eigenvalue weighted by Gasteiger charge is -2.07. The molecule has 2 aromatic rings. The molecule has 0 radical (unpaired) electrons. The number of methoxy groups -OCH3 is 1. The molecule has 0 aliphatic carbocycles. The van der Waals surface area contributed by atoms with E-state index in [1.165, 1.54) is 18.4 Å². The zero-order valence-electron chi connectivity index (χ0n) is 13.4. The summed E-state index contributed by atoms with van der Waals surface area (Å²) in [5, 5.41) is 27.9. The summed E-state index contributed by atoms with van der Waals surface area (Å²) < 4.78 is 5.78. The van der Waals surface area contributed by atoms with Gasteiger partial charge in [-0.25, -0.2) is 0 Å². The van der Waals surface area contributed by atoms with Gasteiger partial charge in [-0.3, -0.25) is 10.2 Å². The molecule has 1 saturated heterocycles. The predicted octanol–water partition coefficient (Wildman–Crippen LogP) is 3.84. The van der Waals surface area contributed by atoms with Crippen LogP contribution in [0.25, 0.3) is 6.08 Å². The molecule has 9 heteroatoms. The van der Waals surface area contributed by atoms with Gasteiger partial charge in [-0.05, 0) is 52.8 Å². The number of ether oxygens (including phenoxy) is 1. The third kappa shape index (κ3) is 3.58. The lowest BCUT2D eigenvalue weighted by atomic mass is 10.1. The number of benzene rings is 1. The Kier molecular flexibility index (Phi) is 5.44. The summed E-state index contributed by atoms with van der Waals surface area (Å²) in [7, 11) is 1.48. The number of nitrogens with zero attached hydrogens (tertiary/aromatic N) is 2. The van der Waals surface area contributed by atoms with E-state index in [9.17, 15) is 9.90 Å². The van der Waals surface area contributed by atoms with Crippen molar-refractivity contribution in [2.24, 2.45) is 0 Å². The van der Waals surface area contributed by atoms with Crippen molar-refractivity contribution in [1.82, 2.24) is 10.2 Å². The first-order valence-corrected chi connectivity index (χ1v) is 10.1. The molecule has 130 valence electrons. The molecule has 6 nitrogen and oxygen atoms in total. The highest BCUT2D eigenvalue weighted by atomic mass is 127. The molecule has 25 heavy (non-hydrogen) atoms. The maximum Gasteiger partial charge on any atom is 0.186 e. The number of hydrogen-bond donors (Lipinski definition) is 2. The van der Waals surface area contributed by atoms with Crippen molar-refractivity contribution in [2.45, 2.75) is 19.3 Å². The summed E-state index contributed by atoms with van der Waals surface area (Å²) in [6.45, 7) is 1.98. The molecule has 0 saturated carbocycles. The molecule has 3 rings (SSSR count). The minimum Gasteiger partial charge on any atom is -0.504 e. The monoisotopic (exact) mass is 487 g/mol. The fourth-order valence-corrected chi connectivity index (χ4v) is 4.90. The van der Waals surface area contributed by atoms with Crippen LogP contribution in [0.4, 0.5) is 0 Å². The van der Waals surface area contributed by atoms with Gasteiger partial charge in [0.15, 0.2) is 17.3 Å². The van der Waals surface area contributed by atoms with E-state index in [-0.39, 0.29) is 16.6 Å². The second-order valence-corrected chi connectivity index (χ2v) is 8.55. The third-order valence-electron chi connectivity index (χ3n) is 3.59. The molecule has 1 fully saturated rings. The van der Waals surface area contributed by atoms with E-state index in [2.05, 4.69) is 10.2 Å². The molecule has 2 heterocycles. The van der Waals surface area contributed by atoms with Gasteiger partial charge < -0.3 is 9.84 Å². The molecule has 1 aliphatic heterocycles. The molecular formula is C16H14IN3O3S2. The molecule has 1 aliphatic rings. The zero-order chi connectivity index (χ0) is 18.1. The first-order valence-electron chi connectivity index (χ1n) is 7.35. The number of Topliss-reactive ketones (excluding diaryl/α,β-unsaturated/α-hetero) is 1. The van der Waals surface area contributed by atoms with E-state index in [0.29, 0.717) is 19.2 Å². The number of aryl methyl sites for hydroxylation is 1. The topological polar surface area (TPSA) is 96.2 Å². The molecule has 1 atom stereocenters. The van der Waals surface area contributed by atoms with E-state index < -0.39 is 5.92 Å². The van der Waals surface area contributed by atoms with Crippen molar-refractivity contribution in [1.29, 1.82) is 5.41 Å². The highest BCUT2D eigenvalue weighted by molar-refractivity contribution is 14.1. The number of hydrogen-bond acceptors (Lipinski definition) is 8. The number of phenolic OH excluding ortho intramolecular Hbond substituents is 1. The Morgan fingerprint density at radius 2 is 2.20 bits per heavy atom. The Morgan fingerprint density at radius 3 is 2.84 bits per heavy atom. The summed E-state index contributed by atoms with van der Waals surface area (Å²) in [4.78, 5) is 13.2. The Balaban J connectivity index is 1.94. The molecule has 0 spiro atoms. The molecule has 0 amide bonds. The van der Waals surface area contributed by atoms with Crippen LogP contribution >= 0.6 is 45.7 Å². The summed E-state index contributed by atoms with van der Waals surface area (Å²) in [6, 6.07) is 3.42. The number of carbonyl (C=O) groups is 1. The summed E-state index contributed by atoms with van der Waals surface area (Å²) >= 11 is 4.52. The van der Waals surface area contributed by atoms with Crippen molar-refractivity contribution >= 4 is 62.6 Å². The van der Waals surface area contributed by atoms with Crippen molar-refractivity contribution in [3.05, 3.63) is 36.2 Å². The van der Waals surface area contributed by atoms with Gasteiger partial charge in [-0.2, -0.15) is 0 Å². The third-order valence-corrected chi connectivity index (χ3v) is 6.54. The lowest BCUT2D eigenvalue weighted by molar-refractivity contribution is -0.114. The lowest BCUT2D eigenvalue weighted by Crippen LogP contribution is -2.11. The van der Waals surface area contributed by atoms with Gasteiger partial charge in [0.1, 0.15) is 15.9 Å². The Hall–Kier alpha value is -1.46. The van der Waals surface area contributed by atoms with Crippen molar-refractivity contribution < 1.29 is 14.6 Å². The fourth-order valence-electron chi connectivity index (χ4n) is 2.32. The average Bonchev–Trinajstić information content (AvgIpc) is 3.15. The first-order chi connectivity index (χ1) is 11.9. The fraction of sp³-hybridized carbons (Fsp3) is 0.250. The number of allylic oxidation sites excluding steroid dienone is 1. The number of rotatable bonds is 4. The van der Waals surface area contributed by atoms with Crippen LogP contribution in [0.5, 0.6) is 11.5 Å². The number of ketones is 1. The molecular weight excluding hydrogens is 473 g/mol. The SMILES string of the molecule is CCc1nnc([C@@H]2C(=N)S/C(=C\c3cc(I)c(O)c(OC)c3)C2=O)s1. The normalized spacial score (nSPS) is 19.0. The number of thioether (sulfide) groups is 1. The number of nitrogens with one attached hydrogen (secondary N) is 1. The van der Waals surface area contributed by atoms with Crippen LogP contribution in [0.3, 0.4) is 0 Å². The van der Waals surface area contributed by atoms with Crippen LogP contribution < -0.4 is 4.74 Å².